The van der Waals surface area contributed by atoms with Crippen LogP contribution in [0.4, 0.5) is 0 Å². The first-order valence-corrected chi connectivity index (χ1v) is 6.68. The minimum atomic E-state index is -0.975. The predicted octanol–water partition coefficient (Wildman–Crippen LogP) is 2.75. The molecule has 1 heterocycles. The van der Waals surface area contributed by atoms with Crippen molar-refractivity contribution in [3.8, 4) is 5.75 Å². The second-order valence-electron chi connectivity index (χ2n) is 4.89. The first kappa shape index (κ1) is 13.4. The van der Waals surface area contributed by atoms with E-state index in [1.54, 1.807) is 6.08 Å². The summed E-state index contributed by atoms with van der Waals surface area (Å²) < 4.78 is 5.89. The van der Waals surface area contributed by atoms with Gasteiger partial charge in [-0.15, -0.1) is 0 Å². The van der Waals surface area contributed by atoms with Crippen molar-refractivity contribution in [3.05, 3.63) is 70.8 Å². The van der Waals surface area contributed by atoms with Crippen molar-refractivity contribution >= 4 is 12.0 Å². The van der Waals surface area contributed by atoms with Gasteiger partial charge in [0, 0.05) is 12.1 Å². The Labute approximate surface area is 122 Å². The van der Waals surface area contributed by atoms with E-state index in [1.165, 1.54) is 0 Å². The van der Waals surface area contributed by atoms with E-state index in [0.717, 1.165) is 16.7 Å². The smallest absolute Gasteiger partial charge is 0.335 e. The van der Waals surface area contributed by atoms with Crippen LogP contribution >= 0.6 is 0 Å². The van der Waals surface area contributed by atoms with Crippen molar-refractivity contribution in [3.63, 3.8) is 0 Å². The van der Waals surface area contributed by atoms with Gasteiger partial charge in [-0.2, -0.15) is 0 Å². The molecule has 0 aliphatic carbocycles. The number of nitrogens with two attached hydrogens (primary N) is 1. The summed E-state index contributed by atoms with van der Waals surface area (Å²) >= 11 is 0. The Morgan fingerprint density at radius 1 is 1.14 bits per heavy atom. The molecule has 0 radical (unpaired) electrons. The molecule has 2 aromatic rings. The van der Waals surface area contributed by atoms with Crippen LogP contribution in [0.2, 0.25) is 0 Å². The molecule has 1 aliphatic heterocycles. The number of carbonyl (C=O) groups is 1. The normalized spacial score (nSPS) is 16.6. The largest absolute Gasteiger partial charge is 0.480 e. The molecule has 2 aromatic carbocycles. The molecule has 1 aliphatic rings. The highest BCUT2D eigenvalue weighted by Crippen LogP contribution is 2.37. The van der Waals surface area contributed by atoms with Crippen molar-refractivity contribution in [1.29, 1.82) is 0 Å². The van der Waals surface area contributed by atoms with Gasteiger partial charge in [-0.1, -0.05) is 42.5 Å². The number of carboxylic acids is 1. The van der Waals surface area contributed by atoms with Crippen molar-refractivity contribution in [2.45, 2.75) is 12.6 Å². The lowest BCUT2D eigenvalue weighted by Crippen LogP contribution is -2.20. The number of hydrogen-bond donors (Lipinski definition) is 2. The number of rotatable bonds is 3. The van der Waals surface area contributed by atoms with Crippen LogP contribution < -0.4 is 10.5 Å². The van der Waals surface area contributed by atoms with Gasteiger partial charge < -0.3 is 15.6 Å². The number of ether oxygens (including phenoxy) is 1. The summed E-state index contributed by atoms with van der Waals surface area (Å²) in [7, 11) is 0. The topological polar surface area (TPSA) is 72.5 Å². The predicted molar refractivity (Wildman–Crippen MR) is 79.8 cm³/mol. The maximum atomic E-state index is 11.5. The van der Waals surface area contributed by atoms with Crippen LogP contribution in [0.1, 0.15) is 22.8 Å². The third kappa shape index (κ3) is 2.53. The van der Waals surface area contributed by atoms with E-state index in [1.807, 2.05) is 48.5 Å². The van der Waals surface area contributed by atoms with Gasteiger partial charge in [0.15, 0.2) is 6.10 Å². The molecule has 106 valence electrons. The van der Waals surface area contributed by atoms with E-state index < -0.39 is 12.1 Å². The van der Waals surface area contributed by atoms with E-state index in [0.29, 0.717) is 12.3 Å². The van der Waals surface area contributed by atoms with E-state index in [4.69, 9.17) is 10.5 Å². The number of para-hydroxylation sites is 1. The SMILES string of the molecule is NCc1ccc(C2Oc3ccccc3C=C2C(=O)O)cc1. The zero-order valence-electron chi connectivity index (χ0n) is 11.3. The lowest BCUT2D eigenvalue weighted by atomic mass is 9.95. The maximum absolute atomic E-state index is 11.5. The van der Waals surface area contributed by atoms with Gasteiger partial charge in [-0.25, -0.2) is 4.79 Å². The van der Waals surface area contributed by atoms with Gasteiger partial charge >= 0.3 is 5.97 Å². The molecule has 0 fully saturated rings. The van der Waals surface area contributed by atoms with Crippen LogP contribution in [0.5, 0.6) is 5.75 Å². The van der Waals surface area contributed by atoms with Crippen LogP contribution in [0.25, 0.3) is 6.08 Å². The van der Waals surface area contributed by atoms with E-state index >= 15 is 0 Å². The molecule has 21 heavy (non-hydrogen) atoms. The Bertz CT molecular complexity index is 704. The molecule has 0 amide bonds. The number of fused-ring (bicyclic) bond motifs is 1. The van der Waals surface area contributed by atoms with E-state index in [9.17, 15) is 9.90 Å². The first-order chi connectivity index (χ1) is 10.2. The van der Waals surface area contributed by atoms with Gasteiger partial charge in [0.1, 0.15) is 5.75 Å². The summed E-state index contributed by atoms with van der Waals surface area (Å²) in [6.45, 7) is 0.455. The molecule has 0 spiro atoms. The Kier molecular flexibility index (Phi) is 3.46. The standard InChI is InChI=1S/C17H15NO3/c18-10-11-5-7-12(8-6-11)16-14(17(19)20)9-13-3-1-2-4-15(13)21-16/h1-9,16H,10,18H2,(H,19,20). The quantitative estimate of drug-likeness (QED) is 0.907. The second kappa shape index (κ2) is 5.42. The van der Waals surface area contributed by atoms with E-state index in [2.05, 4.69) is 0 Å². The molecule has 0 aromatic heterocycles. The summed E-state index contributed by atoms with van der Waals surface area (Å²) in [6, 6.07) is 14.9. The van der Waals surface area contributed by atoms with Gasteiger partial charge in [-0.3, -0.25) is 0 Å². The highest BCUT2D eigenvalue weighted by atomic mass is 16.5. The number of hydrogen-bond acceptors (Lipinski definition) is 3. The highest BCUT2D eigenvalue weighted by molar-refractivity contribution is 5.95. The minimum Gasteiger partial charge on any atom is -0.480 e. The van der Waals surface area contributed by atoms with Crippen molar-refractivity contribution in [1.82, 2.24) is 0 Å². The zero-order valence-corrected chi connectivity index (χ0v) is 11.3. The molecule has 1 unspecified atom stereocenters. The fraction of sp³-hybridized carbons (Fsp3) is 0.118. The first-order valence-electron chi connectivity index (χ1n) is 6.68. The van der Waals surface area contributed by atoms with Crippen molar-refractivity contribution in [2.75, 3.05) is 0 Å². The second-order valence-corrected chi connectivity index (χ2v) is 4.89. The molecule has 0 saturated heterocycles. The fourth-order valence-corrected chi connectivity index (χ4v) is 2.39. The summed E-state index contributed by atoms with van der Waals surface area (Å²) in [5, 5.41) is 9.43. The molecule has 0 saturated carbocycles. The van der Waals surface area contributed by atoms with Crippen LogP contribution in [0.15, 0.2) is 54.1 Å². The van der Waals surface area contributed by atoms with Crippen LogP contribution in [0, 0.1) is 0 Å². The Morgan fingerprint density at radius 3 is 2.52 bits per heavy atom. The number of carboxylic acid groups (broad SMARTS) is 1. The number of aliphatic carboxylic acids is 1. The molecule has 3 N–H and O–H groups in total. The summed E-state index contributed by atoms with van der Waals surface area (Å²) in [5.74, 6) is -0.284. The minimum absolute atomic E-state index is 0.231. The lowest BCUT2D eigenvalue weighted by Gasteiger charge is -2.25. The molecular weight excluding hydrogens is 266 g/mol. The lowest BCUT2D eigenvalue weighted by molar-refractivity contribution is -0.133. The van der Waals surface area contributed by atoms with Gasteiger partial charge in [0.2, 0.25) is 0 Å². The Balaban J connectivity index is 2.03. The average molecular weight is 281 g/mol. The van der Waals surface area contributed by atoms with Crippen LogP contribution in [-0.2, 0) is 11.3 Å². The zero-order chi connectivity index (χ0) is 14.8. The van der Waals surface area contributed by atoms with Crippen LogP contribution in [-0.4, -0.2) is 11.1 Å². The fourth-order valence-electron chi connectivity index (χ4n) is 2.39. The summed E-state index contributed by atoms with van der Waals surface area (Å²) in [6.07, 6.45) is 1.06. The highest BCUT2D eigenvalue weighted by Gasteiger charge is 2.28. The van der Waals surface area contributed by atoms with Gasteiger partial charge in [-0.05, 0) is 23.3 Å². The maximum Gasteiger partial charge on any atom is 0.335 e. The third-order valence-corrected chi connectivity index (χ3v) is 3.52. The molecule has 0 bridgehead atoms. The molecule has 1 atom stereocenters. The third-order valence-electron chi connectivity index (χ3n) is 3.52. The Morgan fingerprint density at radius 2 is 1.86 bits per heavy atom. The van der Waals surface area contributed by atoms with Gasteiger partial charge in [0.05, 0.1) is 5.57 Å². The molecule has 4 heteroatoms. The molecular formula is C17H15NO3. The average Bonchev–Trinajstić information content (AvgIpc) is 2.53. The van der Waals surface area contributed by atoms with Crippen LogP contribution in [0.3, 0.4) is 0 Å². The van der Waals surface area contributed by atoms with Gasteiger partial charge in [0.25, 0.3) is 0 Å². The summed E-state index contributed by atoms with van der Waals surface area (Å²) in [5.41, 5.74) is 8.39. The molecule has 4 nitrogen and oxygen atoms in total. The van der Waals surface area contributed by atoms with Crippen molar-refractivity contribution in [2.24, 2.45) is 5.73 Å². The number of benzene rings is 2. The Hall–Kier alpha value is -2.59. The van der Waals surface area contributed by atoms with Crippen molar-refractivity contribution < 1.29 is 14.6 Å². The van der Waals surface area contributed by atoms with E-state index in [-0.39, 0.29) is 5.57 Å². The molecule has 3 rings (SSSR count). The summed E-state index contributed by atoms with van der Waals surface area (Å²) in [4.78, 5) is 11.5. The monoisotopic (exact) mass is 281 g/mol.